The van der Waals surface area contributed by atoms with Crippen LogP contribution in [-0.2, 0) is 10.2 Å². The lowest BCUT2D eigenvalue weighted by atomic mass is 10.3. The van der Waals surface area contributed by atoms with Crippen LogP contribution in [0.4, 0.5) is 0 Å². The van der Waals surface area contributed by atoms with E-state index in [9.17, 15) is 8.42 Å². The first-order valence-corrected chi connectivity index (χ1v) is 8.36. The lowest BCUT2D eigenvalue weighted by Crippen LogP contribution is -2.35. The third kappa shape index (κ3) is 3.47. The maximum atomic E-state index is 12.0. The third-order valence-electron chi connectivity index (χ3n) is 3.01. The van der Waals surface area contributed by atoms with E-state index in [0.29, 0.717) is 32.8 Å². The summed E-state index contributed by atoms with van der Waals surface area (Å²) in [6.07, 6.45) is 0. The fourth-order valence-electron chi connectivity index (χ4n) is 1.99. The van der Waals surface area contributed by atoms with Gasteiger partial charge in [-0.25, -0.2) is 0 Å². The summed E-state index contributed by atoms with van der Waals surface area (Å²) in [4.78, 5) is 0. The Bertz CT molecular complexity index is 536. The fraction of sp³-hybridized carbons (Fsp3) is 0.500. The standard InChI is InChI=1S/C12H17BrN2O3S/c1-2-14-6-7-15(19(14,16)17)8-9-18-12-5-3-4-11(13)10-12/h3-5,10H,2,6-9H2,1H3. The van der Waals surface area contributed by atoms with Crippen molar-refractivity contribution in [1.82, 2.24) is 8.61 Å². The van der Waals surface area contributed by atoms with E-state index < -0.39 is 10.2 Å². The van der Waals surface area contributed by atoms with Crippen LogP contribution in [0, 0.1) is 0 Å². The van der Waals surface area contributed by atoms with Gasteiger partial charge in [-0.1, -0.05) is 28.9 Å². The zero-order valence-electron chi connectivity index (χ0n) is 10.8. The molecule has 0 radical (unpaired) electrons. The first kappa shape index (κ1) is 14.8. The molecule has 1 heterocycles. The third-order valence-corrected chi connectivity index (χ3v) is 5.61. The maximum absolute atomic E-state index is 12.0. The molecule has 106 valence electrons. The van der Waals surface area contributed by atoms with Gasteiger partial charge in [0.05, 0.1) is 0 Å². The predicted octanol–water partition coefficient (Wildman–Crippen LogP) is 1.71. The van der Waals surface area contributed by atoms with Crippen LogP contribution in [0.1, 0.15) is 6.92 Å². The Balaban J connectivity index is 1.87. The van der Waals surface area contributed by atoms with Crippen molar-refractivity contribution in [2.24, 2.45) is 0 Å². The number of ether oxygens (including phenoxy) is 1. The molecule has 0 N–H and O–H groups in total. The van der Waals surface area contributed by atoms with Crippen LogP contribution in [0.15, 0.2) is 28.7 Å². The summed E-state index contributed by atoms with van der Waals surface area (Å²) < 4.78 is 33.5. The van der Waals surface area contributed by atoms with Crippen molar-refractivity contribution in [2.45, 2.75) is 6.92 Å². The molecule has 1 aliphatic rings. The van der Waals surface area contributed by atoms with Crippen LogP contribution in [0.3, 0.4) is 0 Å². The van der Waals surface area contributed by atoms with Crippen LogP contribution >= 0.6 is 15.9 Å². The van der Waals surface area contributed by atoms with Crippen molar-refractivity contribution in [3.8, 4) is 5.75 Å². The van der Waals surface area contributed by atoms with Gasteiger partial charge >= 0.3 is 0 Å². The molecule has 1 aromatic carbocycles. The van der Waals surface area contributed by atoms with Crippen LogP contribution in [0.5, 0.6) is 5.75 Å². The molecule has 0 aromatic heterocycles. The Hall–Kier alpha value is -0.630. The summed E-state index contributed by atoms with van der Waals surface area (Å²) in [6, 6.07) is 7.50. The molecule has 1 aliphatic heterocycles. The molecule has 2 rings (SSSR count). The van der Waals surface area contributed by atoms with Gasteiger partial charge in [0.1, 0.15) is 12.4 Å². The minimum absolute atomic E-state index is 0.354. The molecule has 0 bridgehead atoms. The quantitative estimate of drug-likeness (QED) is 0.813. The summed E-state index contributed by atoms with van der Waals surface area (Å²) in [5.74, 6) is 0.735. The van der Waals surface area contributed by atoms with Gasteiger partial charge in [0, 0.05) is 30.7 Å². The molecule has 19 heavy (non-hydrogen) atoms. The number of benzene rings is 1. The Labute approximate surface area is 122 Å². The van der Waals surface area contributed by atoms with Gasteiger partial charge in [0.2, 0.25) is 0 Å². The molecule has 0 spiro atoms. The zero-order chi connectivity index (χ0) is 13.9. The molecule has 0 saturated carbocycles. The van der Waals surface area contributed by atoms with Gasteiger partial charge in [-0.2, -0.15) is 17.0 Å². The minimum atomic E-state index is -3.26. The second-order valence-corrected chi connectivity index (χ2v) is 7.05. The molecular formula is C12H17BrN2O3S. The van der Waals surface area contributed by atoms with Crippen molar-refractivity contribution in [1.29, 1.82) is 0 Å². The molecule has 0 amide bonds. The van der Waals surface area contributed by atoms with Crippen LogP contribution < -0.4 is 4.74 Å². The molecule has 0 unspecified atom stereocenters. The fourth-order valence-corrected chi connectivity index (χ4v) is 3.95. The number of halogens is 1. The molecule has 0 atom stereocenters. The normalized spacial score (nSPS) is 19.7. The van der Waals surface area contributed by atoms with Gasteiger partial charge in [-0.3, -0.25) is 0 Å². The first-order valence-electron chi connectivity index (χ1n) is 6.17. The van der Waals surface area contributed by atoms with E-state index in [-0.39, 0.29) is 0 Å². The second kappa shape index (κ2) is 6.21. The summed E-state index contributed by atoms with van der Waals surface area (Å²) >= 11 is 3.36. The van der Waals surface area contributed by atoms with E-state index in [2.05, 4.69) is 15.9 Å². The number of rotatable bonds is 5. The zero-order valence-corrected chi connectivity index (χ0v) is 13.2. The Morgan fingerprint density at radius 2 is 2.05 bits per heavy atom. The Morgan fingerprint density at radius 1 is 1.32 bits per heavy atom. The SMILES string of the molecule is CCN1CCN(CCOc2cccc(Br)c2)S1(=O)=O. The summed E-state index contributed by atoms with van der Waals surface area (Å²) in [5, 5.41) is 0. The topological polar surface area (TPSA) is 49.9 Å². The van der Waals surface area contributed by atoms with Gasteiger partial charge in [-0.15, -0.1) is 0 Å². The van der Waals surface area contributed by atoms with Gasteiger partial charge in [0.15, 0.2) is 0 Å². The van der Waals surface area contributed by atoms with Crippen molar-refractivity contribution in [3.05, 3.63) is 28.7 Å². The highest BCUT2D eigenvalue weighted by atomic mass is 79.9. The average Bonchev–Trinajstić information content (AvgIpc) is 2.64. The number of likely N-dealkylation sites (N-methyl/N-ethyl adjacent to an activating group) is 1. The van der Waals surface area contributed by atoms with Crippen molar-refractivity contribution >= 4 is 26.1 Å². The van der Waals surface area contributed by atoms with Crippen molar-refractivity contribution in [2.75, 3.05) is 32.8 Å². The van der Waals surface area contributed by atoms with E-state index in [1.165, 1.54) is 8.61 Å². The minimum Gasteiger partial charge on any atom is -0.492 e. The van der Waals surface area contributed by atoms with Crippen molar-refractivity contribution < 1.29 is 13.2 Å². The molecule has 1 saturated heterocycles. The Kier molecular flexibility index (Phi) is 4.83. The van der Waals surface area contributed by atoms with E-state index in [0.717, 1.165) is 10.2 Å². The van der Waals surface area contributed by atoms with E-state index in [1.807, 2.05) is 31.2 Å². The smallest absolute Gasteiger partial charge is 0.282 e. The largest absolute Gasteiger partial charge is 0.492 e. The molecule has 7 heteroatoms. The van der Waals surface area contributed by atoms with Crippen LogP contribution in [-0.4, -0.2) is 49.8 Å². The van der Waals surface area contributed by atoms with Crippen LogP contribution in [0.25, 0.3) is 0 Å². The van der Waals surface area contributed by atoms with E-state index in [4.69, 9.17) is 4.74 Å². The highest BCUT2D eigenvalue weighted by molar-refractivity contribution is 9.10. The highest BCUT2D eigenvalue weighted by Gasteiger charge is 2.34. The van der Waals surface area contributed by atoms with Crippen molar-refractivity contribution in [3.63, 3.8) is 0 Å². The highest BCUT2D eigenvalue weighted by Crippen LogP contribution is 2.19. The van der Waals surface area contributed by atoms with E-state index in [1.54, 1.807) is 0 Å². The number of nitrogens with zero attached hydrogens (tertiary/aromatic N) is 2. The summed E-state index contributed by atoms with van der Waals surface area (Å²) in [6.45, 7) is 4.21. The molecule has 1 aromatic rings. The number of hydrogen-bond donors (Lipinski definition) is 0. The molecule has 1 fully saturated rings. The Morgan fingerprint density at radius 3 is 2.68 bits per heavy atom. The van der Waals surface area contributed by atoms with Crippen LogP contribution in [0.2, 0.25) is 0 Å². The van der Waals surface area contributed by atoms with E-state index >= 15 is 0 Å². The summed E-state index contributed by atoms with van der Waals surface area (Å²) in [5.41, 5.74) is 0. The molecular weight excluding hydrogens is 332 g/mol. The predicted molar refractivity (Wildman–Crippen MR) is 77.4 cm³/mol. The lowest BCUT2D eigenvalue weighted by Gasteiger charge is -2.17. The van der Waals surface area contributed by atoms with Gasteiger partial charge in [-0.05, 0) is 18.2 Å². The monoisotopic (exact) mass is 348 g/mol. The number of hydrogen-bond acceptors (Lipinski definition) is 3. The lowest BCUT2D eigenvalue weighted by molar-refractivity contribution is 0.280. The average molecular weight is 349 g/mol. The van der Waals surface area contributed by atoms with Gasteiger partial charge in [0.25, 0.3) is 10.2 Å². The molecule has 0 aliphatic carbocycles. The van der Waals surface area contributed by atoms with Gasteiger partial charge < -0.3 is 4.74 Å². The summed E-state index contributed by atoms with van der Waals surface area (Å²) in [7, 11) is -3.26. The first-order chi connectivity index (χ1) is 9.04. The molecule has 5 nitrogen and oxygen atoms in total. The second-order valence-electron chi connectivity index (χ2n) is 4.20. The maximum Gasteiger partial charge on any atom is 0.282 e.